The minimum atomic E-state index is -0.772. The topological polar surface area (TPSA) is 98.1 Å². The number of amides is 2. The van der Waals surface area contributed by atoms with E-state index in [-0.39, 0.29) is 5.91 Å². The van der Waals surface area contributed by atoms with Crippen molar-refractivity contribution in [3.63, 3.8) is 0 Å². The Morgan fingerprint density at radius 2 is 2.00 bits per heavy atom. The summed E-state index contributed by atoms with van der Waals surface area (Å²) in [6, 6.07) is 9.58. The number of furan rings is 1. The van der Waals surface area contributed by atoms with Crippen LogP contribution in [0.4, 0.5) is 5.69 Å². The highest BCUT2D eigenvalue weighted by atomic mass is 32.2. The van der Waals surface area contributed by atoms with Crippen LogP contribution in [-0.4, -0.2) is 47.7 Å². The zero-order valence-corrected chi connectivity index (χ0v) is 16.9. The first-order valence-electron chi connectivity index (χ1n) is 9.13. The summed E-state index contributed by atoms with van der Waals surface area (Å²) in [5.74, 6) is 0.301. The second kappa shape index (κ2) is 9.51. The standard InChI is InChI=1S/C20H22N2O6S/c1-3-26-15-8-6-14(7-9-15)21-18(24)11-28-20(25)16-12-29-19(22(16)13(2)23)17-5-4-10-27-17/h4-10,16,19H,3,11-12H2,1-2H3,(H,21,24)/t16-,19-/m0/s1. The summed E-state index contributed by atoms with van der Waals surface area (Å²) < 4.78 is 15.9. The van der Waals surface area contributed by atoms with Crippen LogP contribution in [-0.2, 0) is 19.1 Å². The third kappa shape index (κ3) is 5.11. The molecule has 0 radical (unpaired) electrons. The van der Waals surface area contributed by atoms with Crippen molar-refractivity contribution < 1.29 is 28.3 Å². The molecule has 2 heterocycles. The fourth-order valence-electron chi connectivity index (χ4n) is 2.95. The molecule has 0 bridgehead atoms. The molecule has 29 heavy (non-hydrogen) atoms. The van der Waals surface area contributed by atoms with E-state index in [2.05, 4.69) is 5.32 Å². The largest absolute Gasteiger partial charge is 0.494 e. The van der Waals surface area contributed by atoms with E-state index >= 15 is 0 Å². The van der Waals surface area contributed by atoms with Gasteiger partial charge in [-0.25, -0.2) is 4.79 Å². The smallest absolute Gasteiger partial charge is 0.330 e. The van der Waals surface area contributed by atoms with Crippen LogP contribution in [0.15, 0.2) is 47.1 Å². The molecule has 0 saturated carbocycles. The summed E-state index contributed by atoms with van der Waals surface area (Å²) in [5.41, 5.74) is 0.564. The first kappa shape index (κ1) is 20.8. The van der Waals surface area contributed by atoms with E-state index in [0.717, 1.165) is 0 Å². The number of carbonyl (C=O) groups is 3. The van der Waals surface area contributed by atoms with Gasteiger partial charge in [0.15, 0.2) is 6.61 Å². The van der Waals surface area contributed by atoms with Gasteiger partial charge in [-0.2, -0.15) is 0 Å². The van der Waals surface area contributed by atoms with Crippen molar-refractivity contribution in [1.82, 2.24) is 4.90 Å². The molecule has 2 atom stereocenters. The number of nitrogens with zero attached hydrogens (tertiary/aromatic N) is 1. The molecule has 2 amide bonds. The fourth-order valence-corrected chi connectivity index (χ4v) is 4.37. The molecule has 1 aliphatic rings. The molecule has 1 N–H and O–H groups in total. The maximum Gasteiger partial charge on any atom is 0.330 e. The van der Waals surface area contributed by atoms with Crippen LogP contribution in [0.2, 0.25) is 0 Å². The third-order valence-corrected chi connectivity index (χ3v) is 5.50. The molecular weight excluding hydrogens is 396 g/mol. The van der Waals surface area contributed by atoms with Crippen LogP contribution in [0, 0.1) is 0 Å². The Balaban J connectivity index is 1.54. The SMILES string of the molecule is CCOc1ccc(NC(=O)COC(=O)[C@@H]2CS[C@@H](c3ccco3)N2C(C)=O)cc1. The van der Waals surface area contributed by atoms with Crippen molar-refractivity contribution in [2.24, 2.45) is 0 Å². The lowest BCUT2D eigenvalue weighted by molar-refractivity contribution is -0.155. The lowest BCUT2D eigenvalue weighted by Crippen LogP contribution is -2.43. The monoisotopic (exact) mass is 418 g/mol. The Hall–Kier alpha value is -2.94. The first-order valence-corrected chi connectivity index (χ1v) is 10.2. The minimum absolute atomic E-state index is 0.266. The van der Waals surface area contributed by atoms with Crippen molar-refractivity contribution in [2.75, 3.05) is 24.3 Å². The number of carbonyl (C=O) groups excluding carboxylic acids is 3. The van der Waals surface area contributed by atoms with Gasteiger partial charge in [-0.3, -0.25) is 9.59 Å². The first-order chi connectivity index (χ1) is 14.0. The fraction of sp³-hybridized carbons (Fsp3) is 0.350. The van der Waals surface area contributed by atoms with Crippen molar-refractivity contribution in [1.29, 1.82) is 0 Å². The van der Waals surface area contributed by atoms with Gasteiger partial charge in [0, 0.05) is 18.4 Å². The lowest BCUT2D eigenvalue weighted by atomic mass is 10.2. The van der Waals surface area contributed by atoms with Crippen LogP contribution in [0.3, 0.4) is 0 Å². The molecule has 1 aromatic heterocycles. The van der Waals surface area contributed by atoms with Gasteiger partial charge in [-0.1, -0.05) is 0 Å². The van der Waals surface area contributed by atoms with Gasteiger partial charge in [0.25, 0.3) is 5.91 Å². The zero-order chi connectivity index (χ0) is 20.8. The molecule has 9 heteroatoms. The second-order valence-electron chi connectivity index (χ2n) is 6.26. The van der Waals surface area contributed by atoms with Crippen LogP contribution >= 0.6 is 11.8 Å². The van der Waals surface area contributed by atoms with Gasteiger partial charge in [-0.05, 0) is 43.3 Å². The Morgan fingerprint density at radius 3 is 2.62 bits per heavy atom. The second-order valence-corrected chi connectivity index (χ2v) is 7.37. The lowest BCUT2D eigenvalue weighted by Gasteiger charge is -2.25. The molecule has 3 rings (SSSR count). The summed E-state index contributed by atoms with van der Waals surface area (Å²) in [4.78, 5) is 38.1. The number of anilines is 1. The number of nitrogens with one attached hydrogen (secondary N) is 1. The van der Waals surface area contributed by atoms with Crippen molar-refractivity contribution in [2.45, 2.75) is 25.3 Å². The van der Waals surface area contributed by atoms with E-state index < -0.39 is 29.9 Å². The molecule has 1 aromatic carbocycles. The number of benzene rings is 1. The van der Waals surface area contributed by atoms with Gasteiger partial charge in [0.2, 0.25) is 5.91 Å². The maximum absolute atomic E-state index is 12.5. The Morgan fingerprint density at radius 1 is 1.24 bits per heavy atom. The van der Waals surface area contributed by atoms with Gasteiger partial charge < -0.3 is 24.1 Å². The van der Waals surface area contributed by atoms with Gasteiger partial charge in [0.1, 0.15) is 22.9 Å². The number of rotatable bonds is 7. The molecule has 154 valence electrons. The number of thioether (sulfide) groups is 1. The number of hydrogen-bond donors (Lipinski definition) is 1. The number of esters is 1. The summed E-state index contributed by atoms with van der Waals surface area (Å²) in [5, 5.41) is 2.26. The van der Waals surface area contributed by atoms with Crippen LogP contribution in [0.5, 0.6) is 5.75 Å². The van der Waals surface area contributed by atoms with Crippen molar-refractivity contribution >= 4 is 35.2 Å². The average Bonchev–Trinajstić information content (AvgIpc) is 3.37. The molecule has 0 unspecified atom stereocenters. The Labute approximate surface area is 172 Å². The van der Waals surface area contributed by atoms with E-state index in [0.29, 0.717) is 29.6 Å². The summed E-state index contributed by atoms with van der Waals surface area (Å²) in [6.45, 7) is 3.39. The summed E-state index contributed by atoms with van der Waals surface area (Å²) in [6.07, 6.45) is 1.52. The summed E-state index contributed by atoms with van der Waals surface area (Å²) >= 11 is 1.41. The van der Waals surface area contributed by atoms with E-state index in [1.165, 1.54) is 29.8 Å². The molecule has 8 nitrogen and oxygen atoms in total. The van der Waals surface area contributed by atoms with Gasteiger partial charge in [0.05, 0.1) is 12.9 Å². The maximum atomic E-state index is 12.5. The predicted molar refractivity (Wildman–Crippen MR) is 107 cm³/mol. The molecule has 2 aromatic rings. The van der Waals surface area contributed by atoms with Crippen LogP contribution in [0.1, 0.15) is 25.0 Å². The van der Waals surface area contributed by atoms with E-state index in [1.807, 2.05) is 6.92 Å². The molecule has 0 aliphatic carbocycles. The van der Waals surface area contributed by atoms with E-state index in [9.17, 15) is 14.4 Å². The molecule has 0 spiro atoms. The molecule has 1 saturated heterocycles. The summed E-state index contributed by atoms with van der Waals surface area (Å²) in [7, 11) is 0. The van der Waals surface area contributed by atoms with Crippen molar-refractivity contribution in [3.05, 3.63) is 48.4 Å². The van der Waals surface area contributed by atoms with Gasteiger partial charge in [-0.15, -0.1) is 11.8 Å². The highest BCUT2D eigenvalue weighted by Gasteiger charge is 2.43. The van der Waals surface area contributed by atoms with E-state index in [1.54, 1.807) is 36.4 Å². The third-order valence-electron chi connectivity index (χ3n) is 4.22. The average molecular weight is 418 g/mol. The quantitative estimate of drug-likeness (QED) is 0.691. The predicted octanol–water partition coefficient (Wildman–Crippen LogP) is 2.82. The minimum Gasteiger partial charge on any atom is -0.494 e. The van der Waals surface area contributed by atoms with E-state index in [4.69, 9.17) is 13.9 Å². The molecule has 1 aliphatic heterocycles. The highest BCUT2D eigenvalue weighted by molar-refractivity contribution is 7.99. The molecular formula is C20H22N2O6S. The molecule has 1 fully saturated rings. The van der Waals surface area contributed by atoms with Crippen LogP contribution < -0.4 is 10.1 Å². The zero-order valence-electron chi connectivity index (χ0n) is 16.1. The van der Waals surface area contributed by atoms with Crippen molar-refractivity contribution in [3.8, 4) is 5.75 Å². The highest BCUT2D eigenvalue weighted by Crippen LogP contribution is 2.41. The Bertz CT molecular complexity index is 852. The van der Waals surface area contributed by atoms with Crippen LogP contribution in [0.25, 0.3) is 0 Å². The Kier molecular flexibility index (Phi) is 6.82. The number of ether oxygens (including phenoxy) is 2. The van der Waals surface area contributed by atoms with Gasteiger partial charge >= 0.3 is 5.97 Å². The normalized spacial score (nSPS) is 18.3. The number of hydrogen-bond acceptors (Lipinski definition) is 7.